The van der Waals surface area contributed by atoms with Crippen molar-refractivity contribution in [3.05, 3.63) is 28.7 Å². The number of thioether (sulfide) groups is 1. The minimum absolute atomic E-state index is 0.167. The van der Waals surface area contributed by atoms with Crippen LogP contribution in [0.25, 0.3) is 6.08 Å². The van der Waals surface area contributed by atoms with E-state index in [0.717, 1.165) is 18.4 Å². The van der Waals surface area contributed by atoms with Gasteiger partial charge in [-0.05, 0) is 48.4 Å². The first-order valence-corrected chi connectivity index (χ1v) is 9.68. The zero-order chi connectivity index (χ0) is 19.2. The van der Waals surface area contributed by atoms with Crippen molar-refractivity contribution in [2.45, 2.75) is 38.1 Å². The molecule has 1 aromatic rings. The minimum atomic E-state index is -1.06. The molecule has 0 spiro atoms. The van der Waals surface area contributed by atoms with Gasteiger partial charge in [0, 0.05) is 0 Å². The highest BCUT2D eigenvalue weighted by atomic mass is 32.2. The summed E-state index contributed by atoms with van der Waals surface area (Å²) in [6, 6.07) is 5.38. The van der Waals surface area contributed by atoms with E-state index in [0.29, 0.717) is 27.6 Å². The quantitative estimate of drug-likeness (QED) is 0.725. The van der Waals surface area contributed by atoms with Crippen molar-refractivity contribution >= 4 is 34.9 Å². The monoisotopic (exact) mass is 390 g/mol. The summed E-state index contributed by atoms with van der Waals surface area (Å²) in [7, 11) is 1.48. The number of rotatable bonds is 6. The molecule has 0 aromatic heterocycles. The highest BCUT2D eigenvalue weighted by Crippen LogP contribution is 2.32. The molecule has 27 heavy (non-hydrogen) atoms. The second-order valence-electron chi connectivity index (χ2n) is 6.38. The second kappa shape index (κ2) is 8.94. The maximum atomic E-state index is 12.2. The lowest BCUT2D eigenvalue weighted by atomic mass is 9.96. The van der Waals surface area contributed by atoms with Gasteiger partial charge in [-0.3, -0.25) is 9.79 Å². The molecule has 1 aromatic carbocycles. The van der Waals surface area contributed by atoms with Crippen LogP contribution in [-0.2, 0) is 9.59 Å². The van der Waals surface area contributed by atoms with E-state index in [1.54, 1.807) is 24.3 Å². The first-order valence-electron chi connectivity index (χ1n) is 8.86. The van der Waals surface area contributed by atoms with Crippen LogP contribution in [0.4, 0.5) is 0 Å². The Balaban J connectivity index is 1.72. The molecule has 1 saturated heterocycles. The molecule has 7 nitrogen and oxygen atoms in total. The number of amidine groups is 1. The lowest BCUT2D eigenvalue weighted by Crippen LogP contribution is -2.22. The zero-order valence-electron chi connectivity index (χ0n) is 15.1. The Hall–Kier alpha value is -2.48. The number of aliphatic carboxylic acids is 1. The Morgan fingerprint density at radius 1 is 1.33 bits per heavy atom. The smallest absolute Gasteiger partial charge is 0.341 e. The van der Waals surface area contributed by atoms with Gasteiger partial charge >= 0.3 is 5.97 Å². The summed E-state index contributed by atoms with van der Waals surface area (Å²) in [4.78, 5) is 28.1. The maximum absolute atomic E-state index is 12.2. The molecule has 2 N–H and O–H groups in total. The SMILES string of the molecule is COc1cc(C=C2SC(=NC3CCCCC3)NC2=O)ccc1OCC(=O)O. The summed E-state index contributed by atoms with van der Waals surface area (Å²) in [5.41, 5.74) is 0.756. The van der Waals surface area contributed by atoms with Crippen molar-refractivity contribution in [1.82, 2.24) is 5.32 Å². The Morgan fingerprint density at radius 2 is 2.11 bits per heavy atom. The predicted octanol–water partition coefficient (Wildman–Crippen LogP) is 3.05. The van der Waals surface area contributed by atoms with Crippen LogP contribution in [0, 0.1) is 0 Å². The number of methoxy groups -OCH3 is 1. The van der Waals surface area contributed by atoms with Crippen LogP contribution in [0.3, 0.4) is 0 Å². The van der Waals surface area contributed by atoms with Crippen LogP contribution in [0.1, 0.15) is 37.7 Å². The van der Waals surface area contributed by atoms with Gasteiger partial charge in [-0.2, -0.15) is 0 Å². The van der Waals surface area contributed by atoms with Gasteiger partial charge in [0.25, 0.3) is 5.91 Å². The van der Waals surface area contributed by atoms with Gasteiger partial charge in [0.2, 0.25) is 0 Å². The Labute approximate surface area is 161 Å². The highest BCUT2D eigenvalue weighted by molar-refractivity contribution is 8.18. The second-order valence-corrected chi connectivity index (χ2v) is 7.41. The van der Waals surface area contributed by atoms with Crippen molar-refractivity contribution in [1.29, 1.82) is 0 Å². The van der Waals surface area contributed by atoms with E-state index in [-0.39, 0.29) is 5.91 Å². The average Bonchev–Trinajstić information content (AvgIpc) is 3.00. The number of ether oxygens (including phenoxy) is 2. The van der Waals surface area contributed by atoms with Gasteiger partial charge in [0.1, 0.15) is 0 Å². The van der Waals surface area contributed by atoms with E-state index in [2.05, 4.69) is 10.3 Å². The number of hydrogen-bond acceptors (Lipinski definition) is 6. The summed E-state index contributed by atoms with van der Waals surface area (Å²) in [6.45, 7) is -0.448. The van der Waals surface area contributed by atoms with Crippen molar-refractivity contribution in [3.8, 4) is 11.5 Å². The number of amides is 1. The normalized spacial score (nSPS) is 20.7. The van der Waals surface area contributed by atoms with Crippen molar-refractivity contribution in [2.75, 3.05) is 13.7 Å². The topological polar surface area (TPSA) is 97.2 Å². The first kappa shape index (κ1) is 19.3. The number of nitrogens with one attached hydrogen (secondary N) is 1. The van der Waals surface area contributed by atoms with Gasteiger partial charge in [-0.25, -0.2) is 4.79 Å². The molecule has 0 bridgehead atoms. The fourth-order valence-corrected chi connectivity index (χ4v) is 3.94. The third kappa shape index (κ3) is 5.26. The van der Waals surface area contributed by atoms with E-state index >= 15 is 0 Å². The molecule has 0 unspecified atom stereocenters. The van der Waals surface area contributed by atoms with Crippen molar-refractivity contribution in [2.24, 2.45) is 4.99 Å². The fourth-order valence-electron chi connectivity index (χ4n) is 3.05. The van der Waals surface area contributed by atoms with Gasteiger partial charge in [-0.1, -0.05) is 25.3 Å². The standard InChI is InChI=1S/C19H22N2O5S/c1-25-15-9-12(7-8-14(15)26-11-17(22)23)10-16-18(24)21-19(27-16)20-13-5-3-2-4-6-13/h7-10,13H,2-6,11H2,1H3,(H,22,23)(H,20,21,24). The number of carboxylic acids is 1. The van der Waals surface area contributed by atoms with Crippen LogP contribution in [-0.4, -0.2) is 41.9 Å². The molecule has 1 saturated carbocycles. The van der Waals surface area contributed by atoms with E-state index in [9.17, 15) is 9.59 Å². The van der Waals surface area contributed by atoms with E-state index in [4.69, 9.17) is 14.6 Å². The first-order chi connectivity index (χ1) is 13.0. The Morgan fingerprint density at radius 3 is 2.81 bits per heavy atom. The molecule has 3 rings (SSSR count). The lowest BCUT2D eigenvalue weighted by Gasteiger charge is -2.17. The molecule has 1 heterocycles. The van der Waals surface area contributed by atoms with Gasteiger partial charge in [0.05, 0.1) is 18.1 Å². The molecular formula is C19H22N2O5S. The molecule has 2 aliphatic rings. The number of hydrogen-bond donors (Lipinski definition) is 2. The number of carboxylic acid groups (broad SMARTS) is 1. The molecule has 144 valence electrons. The van der Waals surface area contributed by atoms with E-state index in [1.807, 2.05) is 0 Å². The molecule has 2 fully saturated rings. The molecule has 8 heteroatoms. The van der Waals surface area contributed by atoms with E-state index < -0.39 is 12.6 Å². The van der Waals surface area contributed by atoms with Gasteiger partial charge in [-0.15, -0.1) is 0 Å². The Kier molecular flexibility index (Phi) is 6.39. The average molecular weight is 390 g/mol. The van der Waals surface area contributed by atoms with Crippen LogP contribution in [0.2, 0.25) is 0 Å². The van der Waals surface area contributed by atoms with Crippen LogP contribution >= 0.6 is 11.8 Å². The largest absolute Gasteiger partial charge is 0.493 e. The summed E-state index contributed by atoms with van der Waals surface area (Å²) in [6.07, 6.45) is 7.56. The molecule has 1 amide bonds. The van der Waals surface area contributed by atoms with Gasteiger partial charge < -0.3 is 19.9 Å². The maximum Gasteiger partial charge on any atom is 0.341 e. The van der Waals surface area contributed by atoms with Crippen LogP contribution < -0.4 is 14.8 Å². The minimum Gasteiger partial charge on any atom is -0.493 e. The molecule has 0 radical (unpaired) electrons. The van der Waals surface area contributed by atoms with E-state index in [1.165, 1.54) is 38.1 Å². The fraction of sp³-hybridized carbons (Fsp3) is 0.421. The van der Waals surface area contributed by atoms with Gasteiger partial charge in [0.15, 0.2) is 23.3 Å². The zero-order valence-corrected chi connectivity index (χ0v) is 15.9. The van der Waals surface area contributed by atoms with Crippen molar-refractivity contribution < 1.29 is 24.2 Å². The summed E-state index contributed by atoms with van der Waals surface area (Å²) < 4.78 is 10.4. The third-order valence-electron chi connectivity index (χ3n) is 4.36. The molecule has 1 aliphatic carbocycles. The van der Waals surface area contributed by atoms with Crippen LogP contribution in [0.15, 0.2) is 28.1 Å². The van der Waals surface area contributed by atoms with Crippen molar-refractivity contribution in [3.63, 3.8) is 0 Å². The number of nitrogens with zero attached hydrogens (tertiary/aromatic N) is 1. The number of benzene rings is 1. The highest BCUT2D eigenvalue weighted by Gasteiger charge is 2.25. The third-order valence-corrected chi connectivity index (χ3v) is 5.29. The molecule has 1 aliphatic heterocycles. The molecule has 0 atom stereocenters. The lowest BCUT2D eigenvalue weighted by molar-refractivity contribution is -0.139. The van der Waals surface area contributed by atoms with Crippen LogP contribution in [0.5, 0.6) is 11.5 Å². The Bertz CT molecular complexity index is 784. The number of aliphatic imine (C=N–C) groups is 1. The number of carbonyl (C=O) groups excluding carboxylic acids is 1. The number of carbonyl (C=O) groups is 2. The predicted molar refractivity (Wildman–Crippen MR) is 104 cm³/mol. The summed E-state index contributed by atoms with van der Waals surface area (Å²) >= 11 is 1.34. The summed E-state index contributed by atoms with van der Waals surface area (Å²) in [5.74, 6) is -0.484. The summed E-state index contributed by atoms with van der Waals surface area (Å²) in [5, 5.41) is 12.2. The molecular weight excluding hydrogens is 368 g/mol.